The molecule has 5 nitrogen and oxygen atoms in total. The third-order valence-corrected chi connectivity index (χ3v) is 4.69. The lowest BCUT2D eigenvalue weighted by molar-refractivity contribution is -0.255. The van der Waals surface area contributed by atoms with E-state index in [-0.39, 0.29) is 26.2 Å². The van der Waals surface area contributed by atoms with Crippen LogP contribution in [0.2, 0.25) is 10.0 Å². The summed E-state index contributed by atoms with van der Waals surface area (Å²) in [4.78, 5) is 10.6. The third kappa shape index (κ3) is 3.66. The van der Waals surface area contributed by atoms with Gasteiger partial charge >= 0.3 is 0 Å². The van der Waals surface area contributed by atoms with Crippen molar-refractivity contribution < 1.29 is 18.3 Å². The average Bonchev–Trinajstić information content (AvgIpc) is 2.42. The van der Waals surface area contributed by atoms with Crippen molar-refractivity contribution in [2.45, 2.75) is 4.90 Å². The minimum atomic E-state index is -3.84. The molecule has 0 aliphatic carbocycles. The molecule has 2 aromatic rings. The van der Waals surface area contributed by atoms with E-state index in [2.05, 4.69) is 4.72 Å². The number of nitrogens with one attached hydrogen (secondary N) is 1. The SMILES string of the molecule is O=C([O-])c1ccc(NS(=O)(=O)c2ccc(Cl)c(Cl)c2)cc1. The molecule has 2 rings (SSSR count). The molecule has 0 aliphatic heterocycles. The van der Waals surface area contributed by atoms with Crippen LogP contribution in [-0.2, 0) is 10.0 Å². The quantitative estimate of drug-likeness (QED) is 0.920. The number of carbonyl (C=O) groups is 1. The number of carboxylic acids is 1. The average molecular weight is 345 g/mol. The summed E-state index contributed by atoms with van der Waals surface area (Å²) in [6, 6.07) is 9.02. The molecule has 2 aromatic carbocycles. The predicted octanol–water partition coefficient (Wildman–Crippen LogP) is 2.16. The van der Waals surface area contributed by atoms with Crippen LogP contribution in [0.15, 0.2) is 47.4 Å². The highest BCUT2D eigenvalue weighted by atomic mass is 35.5. The lowest BCUT2D eigenvalue weighted by Crippen LogP contribution is -2.22. The third-order valence-electron chi connectivity index (χ3n) is 2.57. The van der Waals surface area contributed by atoms with Crippen molar-refractivity contribution in [1.82, 2.24) is 0 Å². The fourth-order valence-corrected chi connectivity index (χ4v) is 2.98. The van der Waals surface area contributed by atoms with E-state index in [1.54, 1.807) is 0 Å². The molecule has 0 unspecified atom stereocenters. The molecule has 0 saturated carbocycles. The van der Waals surface area contributed by atoms with Gasteiger partial charge in [-0.15, -0.1) is 0 Å². The van der Waals surface area contributed by atoms with E-state index in [1.807, 2.05) is 0 Å². The Kier molecular flexibility index (Phi) is 4.41. The summed E-state index contributed by atoms with van der Waals surface area (Å²) in [5.41, 5.74) is 0.165. The van der Waals surface area contributed by atoms with Gasteiger partial charge < -0.3 is 9.90 Å². The first kappa shape index (κ1) is 15.6. The van der Waals surface area contributed by atoms with Crippen LogP contribution < -0.4 is 9.83 Å². The maximum Gasteiger partial charge on any atom is 0.261 e. The van der Waals surface area contributed by atoms with E-state index >= 15 is 0 Å². The van der Waals surface area contributed by atoms with Crippen molar-refractivity contribution in [3.8, 4) is 0 Å². The number of halogens is 2. The first-order valence-corrected chi connectivity index (χ1v) is 7.83. The van der Waals surface area contributed by atoms with Crippen LogP contribution in [0.4, 0.5) is 5.69 Å². The first-order valence-electron chi connectivity index (χ1n) is 5.59. The molecular formula is C13H8Cl2NO4S-. The summed E-state index contributed by atoms with van der Waals surface area (Å²) in [5.74, 6) is -1.34. The summed E-state index contributed by atoms with van der Waals surface area (Å²) >= 11 is 11.5. The zero-order valence-corrected chi connectivity index (χ0v) is 12.7. The number of sulfonamides is 1. The van der Waals surface area contributed by atoms with Crippen LogP contribution in [0.3, 0.4) is 0 Å². The van der Waals surface area contributed by atoms with Gasteiger partial charge in [0.1, 0.15) is 0 Å². The van der Waals surface area contributed by atoms with Gasteiger partial charge in [0, 0.05) is 5.69 Å². The Bertz CT molecular complexity index is 788. The molecule has 0 atom stereocenters. The molecule has 0 amide bonds. The molecule has 0 aromatic heterocycles. The second kappa shape index (κ2) is 5.93. The Hall–Kier alpha value is -1.76. The van der Waals surface area contributed by atoms with Crippen LogP contribution in [0.5, 0.6) is 0 Å². The number of carbonyl (C=O) groups excluding carboxylic acids is 1. The molecule has 0 heterocycles. The lowest BCUT2D eigenvalue weighted by Gasteiger charge is -2.10. The molecule has 0 aliphatic rings. The van der Waals surface area contributed by atoms with Gasteiger partial charge in [0.25, 0.3) is 10.0 Å². The Morgan fingerprint density at radius 1 is 1.00 bits per heavy atom. The number of benzene rings is 2. The minimum Gasteiger partial charge on any atom is -0.545 e. The number of hydrogen-bond acceptors (Lipinski definition) is 4. The molecule has 8 heteroatoms. The Balaban J connectivity index is 2.28. The number of rotatable bonds is 4. The van der Waals surface area contributed by atoms with Gasteiger partial charge in [0.15, 0.2) is 0 Å². The number of carboxylic acid groups (broad SMARTS) is 1. The molecule has 21 heavy (non-hydrogen) atoms. The summed E-state index contributed by atoms with van der Waals surface area (Å²) < 4.78 is 26.6. The second-order valence-corrected chi connectivity index (χ2v) is 6.54. The fourth-order valence-electron chi connectivity index (χ4n) is 1.53. The predicted molar refractivity (Wildman–Crippen MR) is 78.0 cm³/mol. The Morgan fingerprint density at radius 2 is 1.62 bits per heavy atom. The van der Waals surface area contributed by atoms with Crippen LogP contribution in [-0.4, -0.2) is 14.4 Å². The minimum absolute atomic E-state index is 0.0486. The van der Waals surface area contributed by atoms with Gasteiger partial charge in [-0.25, -0.2) is 8.42 Å². The Morgan fingerprint density at radius 3 is 2.14 bits per heavy atom. The van der Waals surface area contributed by atoms with E-state index < -0.39 is 16.0 Å². The van der Waals surface area contributed by atoms with Crippen molar-refractivity contribution in [1.29, 1.82) is 0 Å². The molecule has 1 N–H and O–H groups in total. The zero-order chi connectivity index (χ0) is 15.6. The van der Waals surface area contributed by atoms with Crippen molar-refractivity contribution in [2.75, 3.05) is 4.72 Å². The molecule has 0 saturated heterocycles. The second-order valence-electron chi connectivity index (χ2n) is 4.05. The molecular weight excluding hydrogens is 337 g/mol. The molecule has 0 bridgehead atoms. The van der Waals surface area contributed by atoms with Gasteiger partial charge in [-0.05, 0) is 35.9 Å². The molecule has 0 spiro atoms. The van der Waals surface area contributed by atoms with Crippen LogP contribution in [0.1, 0.15) is 10.4 Å². The summed E-state index contributed by atoms with van der Waals surface area (Å²) in [6.07, 6.45) is 0. The standard InChI is InChI=1S/C13H9Cl2NO4S/c14-11-6-5-10(7-12(11)15)21(19,20)16-9-3-1-8(2-4-9)13(17)18/h1-7,16H,(H,17,18)/p-1. The molecule has 110 valence electrons. The normalized spacial score (nSPS) is 11.1. The highest BCUT2D eigenvalue weighted by molar-refractivity contribution is 7.92. The van der Waals surface area contributed by atoms with Gasteiger partial charge in [0.2, 0.25) is 0 Å². The van der Waals surface area contributed by atoms with Crippen molar-refractivity contribution in [3.63, 3.8) is 0 Å². The van der Waals surface area contributed by atoms with Gasteiger partial charge in [-0.1, -0.05) is 35.3 Å². The lowest BCUT2D eigenvalue weighted by atomic mass is 10.2. The smallest absolute Gasteiger partial charge is 0.261 e. The Labute approximate surface area is 131 Å². The van der Waals surface area contributed by atoms with Gasteiger partial charge in [0.05, 0.1) is 20.9 Å². The molecule has 0 fully saturated rings. The van der Waals surface area contributed by atoms with Crippen molar-refractivity contribution in [3.05, 3.63) is 58.1 Å². The molecule has 0 radical (unpaired) electrons. The highest BCUT2D eigenvalue weighted by Gasteiger charge is 2.15. The monoisotopic (exact) mass is 344 g/mol. The number of anilines is 1. The number of aromatic carboxylic acids is 1. The summed E-state index contributed by atoms with van der Waals surface area (Å²) in [7, 11) is -3.84. The van der Waals surface area contributed by atoms with Crippen molar-refractivity contribution >= 4 is 44.9 Å². The van der Waals surface area contributed by atoms with Gasteiger partial charge in [-0.3, -0.25) is 4.72 Å². The first-order chi connectivity index (χ1) is 9.79. The van der Waals surface area contributed by atoms with E-state index in [9.17, 15) is 18.3 Å². The van der Waals surface area contributed by atoms with E-state index in [4.69, 9.17) is 23.2 Å². The largest absolute Gasteiger partial charge is 0.545 e. The summed E-state index contributed by atoms with van der Waals surface area (Å²) in [5, 5.41) is 11.0. The maximum absolute atomic E-state index is 12.1. The topological polar surface area (TPSA) is 86.3 Å². The van der Waals surface area contributed by atoms with E-state index in [0.29, 0.717) is 0 Å². The van der Waals surface area contributed by atoms with Crippen LogP contribution in [0.25, 0.3) is 0 Å². The van der Waals surface area contributed by atoms with Crippen molar-refractivity contribution in [2.24, 2.45) is 0 Å². The number of hydrogen-bond donors (Lipinski definition) is 1. The highest BCUT2D eigenvalue weighted by Crippen LogP contribution is 2.26. The van der Waals surface area contributed by atoms with E-state index in [0.717, 1.165) is 0 Å². The summed E-state index contributed by atoms with van der Waals surface area (Å²) in [6.45, 7) is 0. The fraction of sp³-hybridized carbons (Fsp3) is 0. The van der Waals surface area contributed by atoms with Crippen LogP contribution in [0, 0.1) is 0 Å². The maximum atomic E-state index is 12.1. The van der Waals surface area contributed by atoms with Crippen LogP contribution >= 0.6 is 23.2 Å². The van der Waals surface area contributed by atoms with E-state index in [1.165, 1.54) is 42.5 Å². The zero-order valence-electron chi connectivity index (χ0n) is 10.3. The van der Waals surface area contributed by atoms with Gasteiger partial charge in [-0.2, -0.15) is 0 Å².